The van der Waals surface area contributed by atoms with Crippen LogP contribution in [0.2, 0.25) is 0 Å². The van der Waals surface area contributed by atoms with E-state index < -0.39 is 0 Å². The molecule has 4 aromatic carbocycles. The highest BCUT2D eigenvalue weighted by Gasteiger charge is 2.12. The molecule has 1 heterocycles. The van der Waals surface area contributed by atoms with Crippen LogP contribution >= 0.6 is 0 Å². The zero-order chi connectivity index (χ0) is 28.6. The highest BCUT2D eigenvalue weighted by atomic mass is 16.1. The van der Waals surface area contributed by atoms with Crippen molar-refractivity contribution in [2.45, 2.75) is 40.2 Å². The van der Waals surface area contributed by atoms with E-state index in [-0.39, 0.29) is 5.91 Å². The number of amides is 1. The van der Waals surface area contributed by atoms with Crippen LogP contribution in [0.1, 0.15) is 48.2 Å². The molecule has 6 heteroatoms. The number of nitrogens with zero attached hydrogens (tertiary/aromatic N) is 3. The number of benzene rings is 4. The Morgan fingerprint density at radius 3 is 2.24 bits per heavy atom. The van der Waals surface area contributed by atoms with Gasteiger partial charge in [0.15, 0.2) is 0 Å². The highest BCUT2D eigenvalue weighted by molar-refractivity contribution is 6.05. The molecular formula is C35H37N5O. The molecule has 5 aromatic rings. The number of aromatic nitrogens is 2. The Morgan fingerprint density at radius 2 is 1.51 bits per heavy atom. The van der Waals surface area contributed by atoms with Crippen LogP contribution in [0.25, 0.3) is 22.2 Å². The Morgan fingerprint density at radius 1 is 0.805 bits per heavy atom. The molecule has 0 radical (unpaired) electrons. The number of carbonyl (C=O) groups is 1. The fraction of sp³-hybridized carbons (Fsp3) is 0.229. The van der Waals surface area contributed by atoms with E-state index in [4.69, 9.17) is 9.97 Å². The molecule has 41 heavy (non-hydrogen) atoms. The smallest absolute Gasteiger partial charge is 0.255 e. The van der Waals surface area contributed by atoms with Gasteiger partial charge in [-0.2, -0.15) is 0 Å². The fourth-order valence-corrected chi connectivity index (χ4v) is 5.04. The molecule has 0 aliphatic rings. The average molecular weight is 544 g/mol. The number of fused-ring (bicyclic) bond motifs is 1. The lowest BCUT2D eigenvalue weighted by atomic mass is 10.1. The van der Waals surface area contributed by atoms with Crippen LogP contribution in [-0.4, -0.2) is 33.9 Å². The fourth-order valence-electron chi connectivity index (χ4n) is 5.04. The van der Waals surface area contributed by atoms with Gasteiger partial charge in [0.05, 0.1) is 11.2 Å². The summed E-state index contributed by atoms with van der Waals surface area (Å²) in [6.45, 7) is 9.47. The lowest BCUT2D eigenvalue weighted by Gasteiger charge is -2.21. The molecule has 1 amide bonds. The van der Waals surface area contributed by atoms with Crippen LogP contribution in [-0.2, 0) is 6.54 Å². The molecule has 6 nitrogen and oxygen atoms in total. The summed E-state index contributed by atoms with van der Waals surface area (Å²) in [5.74, 6) is 0.372. The van der Waals surface area contributed by atoms with E-state index in [1.54, 1.807) is 0 Å². The van der Waals surface area contributed by atoms with E-state index in [9.17, 15) is 4.79 Å². The number of anilines is 3. The zero-order valence-corrected chi connectivity index (χ0v) is 24.0. The predicted octanol–water partition coefficient (Wildman–Crippen LogP) is 8.22. The molecule has 0 spiro atoms. The molecule has 0 aliphatic carbocycles. The number of carbonyl (C=O) groups excluding carboxylic acids is 1. The van der Waals surface area contributed by atoms with Gasteiger partial charge in [0.1, 0.15) is 0 Å². The van der Waals surface area contributed by atoms with Gasteiger partial charge in [0.25, 0.3) is 5.91 Å². The molecule has 0 bridgehead atoms. The first-order valence-corrected chi connectivity index (χ1v) is 14.4. The van der Waals surface area contributed by atoms with E-state index in [1.165, 1.54) is 5.56 Å². The van der Waals surface area contributed by atoms with Crippen molar-refractivity contribution in [3.8, 4) is 11.3 Å². The van der Waals surface area contributed by atoms with E-state index in [0.29, 0.717) is 11.5 Å². The van der Waals surface area contributed by atoms with Crippen molar-refractivity contribution in [2.24, 2.45) is 0 Å². The lowest BCUT2D eigenvalue weighted by Crippen LogP contribution is -2.25. The molecule has 0 unspecified atom stereocenters. The van der Waals surface area contributed by atoms with E-state index in [0.717, 1.165) is 71.6 Å². The molecule has 1 aromatic heterocycles. The SMILES string of the molecule is CCCN(CCC)Cc1ccc(C)c(NC(=O)c2ccc(Nc3nc(-c4ccccc4)c4ccccc4n3)cc2)c1. The van der Waals surface area contributed by atoms with Crippen LogP contribution in [0, 0.1) is 6.92 Å². The summed E-state index contributed by atoms with van der Waals surface area (Å²) < 4.78 is 0. The van der Waals surface area contributed by atoms with E-state index >= 15 is 0 Å². The van der Waals surface area contributed by atoms with Crippen LogP contribution in [0.15, 0.2) is 97.1 Å². The highest BCUT2D eigenvalue weighted by Crippen LogP contribution is 2.28. The number of aryl methyl sites for hydroxylation is 1. The first kappa shape index (κ1) is 28.0. The first-order chi connectivity index (χ1) is 20.0. The van der Waals surface area contributed by atoms with Crippen LogP contribution in [0.3, 0.4) is 0 Å². The summed E-state index contributed by atoms with van der Waals surface area (Å²) in [6.07, 6.45) is 2.25. The Balaban J connectivity index is 1.31. The largest absolute Gasteiger partial charge is 0.324 e. The third-order valence-electron chi connectivity index (χ3n) is 7.09. The average Bonchev–Trinajstić information content (AvgIpc) is 2.99. The topological polar surface area (TPSA) is 70.2 Å². The third-order valence-corrected chi connectivity index (χ3v) is 7.09. The first-order valence-electron chi connectivity index (χ1n) is 14.4. The second-order valence-corrected chi connectivity index (χ2v) is 10.4. The Bertz CT molecular complexity index is 1610. The molecule has 0 saturated heterocycles. The maximum Gasteiger partial charge on any atom is 0.255 e. The molecule has 0 atom stereocenters. The maximum absolute atomic E-state index is 13.2. The number of rotatable bonds is 11. The number of nitrogens with one attached hydrogen (secondary N) is 2. The second kappa shape index (κ2) is 13.2. The summed E-state index contributed by atoms with van der Waals surface area (Å²) in [6, 6.07) is 31.9. The molecule has 2 N–H and O–H groups in total. The van der Waals surface area contributed by atoms with E-state index in [2.05, 4.69) is 59.7 Å². The van der Waals surface area contributed by atoms with Crippen molar-refractivity contribution in [3.05, 3.63) is 114 Å². The number of hydrogen-bond donors (Lipinski definition) is 2. The normalized spacial score (nSPS) is 11.1. The summed E-state index contributed by atoms with van der Waals surface area (Å²) in [4.78, 5) is 25.2. The van der Waals surface area contributed by atoms with Gasteiger partial charge in [-0.3, -0.25) is 9.69 Å². The molecule has 5 rings (SSSR count). The number of para-hydroxylation sites is 1. The van der Waals surface area contributed by atoms with Crippen LogP contribution < -0.4 is 10.6 Å². The van der Waals surface area contributed by atoms with Crippen LogP contribution in [0.4, 0.5) is 17.3 Å². The van der Waals surface area contributed by atoms with Crippen molar-refractivity contribution in [1.29, 1.82) is 0 Å². The van der Waals surface area contributed by atoms with Crippen molar-refractivity contribution < 1.29 is 4.79 Å². The minimum atomic E-state index is -0.135. The zero-order valence-electron chi connectivity index (χ0n) is 24.0. The van der Waals surface area contributed by atoms with Crippen molar-refractivity contribution >= 4 is 34.1 Å². The minimum absolute atomic E-state index is 0.135. The monoisotopic (exact) mass is 543 g/mol. The van der Waals surface area contributed by atoms with Gasteiger partial charge in [-0.15, -0.1) is 0 Å². The second-order valence-electron chi connectivity index (χ2n) is 10.4. The molecule has 0 fully saturated rings. The Labute approximate surface area is 242 Å². The minimum Gasteiger partial charge on any atom is -0.324 e. The van der Waals surface area contributed by atoms with Gasteiger partial charge in [0, 0.05) is 34.4 Å². The van der Waals surface area contributed by atoms with Gasteiger partial charge in [-0.05, 0) is 80.4 Å². The Hall–Kier alpha value is -4.55. The van der Waals surface area contributed by atoms with Crippen LogP contribution in [0.5, 0.6) is 0 Å². The molecule has 0 saturated carbocycles. The third kappa shape index (κ3) is 6.97. The Kier molecular flexibility index (Phi) is 9.02. The van der Waals surface area contributed by atoms with Gasteiger partial charge in [-0.25, -0.2) is 9.97 Å². The lowest BCUT2D eigenvalue weighted by molar-refractivity contribution is 0.102. The maximum atomic E-state index is 13.2. The molecular weight excluding hydrogens is 506 g/mol. The van der Waals surface area contributed by atoms with Gasteiger partial charge in [0.2, 0.25) is 5.95 Å². The van der Waals surface area contributed by atoms with Gasteiger partial charge >= 0.3 is 0 Å². The number of hydrogen-bond acceptors (Lipinski definition) is 5. The molecule has 0 aliphatic heterocycles. The summed E-state index contributed by atoms with van der Waals surface area (Å²) >= 11 is 0. The predicted molar refractivity (Wildman–Crippen MR) is 170 cm³/mol. The molecule has 208 valence electrons. The summed E-state index contributed by atoms with van der Waals surface area (Å²) in [7, 11) is 0. The standard InChI is InChI=1S/C35H37N5O/c1-4-21-40(22-5-2)24-26-16-15-25(3)32(23-26)37-34(41)28-17-19-29(20-18-28)36-35-38-31-14-10-9-13-30(31)33(39-35)27-11-7-6-8-12-27/h6-20,23H,4-5,21-22,24H2,1-3H3,(H,37,41)(H,36,38,39). The van der Waals surface area contributed by atoms with Gasteiger partial charge < -0.3 is 10.6 Å². The van der Waals surface area contributed by atoms with Crippen molar-refractivity contribution in [3.63, 3.8) is 0 Å². The summed E-state index contributed by atoms with van der Waals surface area (Å²) in [5, 5.41) is 7.43. The van der Waals surface area contributed by atoms with Gasteiger partial charge in [-0.1, -0.05) is 74.5 Å². The van der Waals surface area contributed by atoms with Crippen molar-refractivity contribution in [1.82, 2.24) is 14.9 Å². The summed E-state index contributed by atoms with van der Waals surface area (Å²) in [5.41, 5.74) is 7.26. The van der Waals surface area contributed by atoms with E-state index in [1.807, 2.05) is 73.7 Å². The quantitative estimate of drug-likeness (QED) is 0.176. The van der Waals surface area contributed by atoms with Crippen molar-refractivity contribution in [2.75, 3.05) is 23.7 Å².